The number of benzene rings is 2. The molecule has 0 spiro atoms. The minimum atomic E-state index is -0.384. The number of carbonyl (C=O) groups is 3. The van der Waals surface area contributed by atoms with Crippen molar-refractivity contribution < 1.29 is 14.4 Å². The quantitative estimate of drug-likeness (QED) is 0.619. The first kappa shape index (κ1) is 20.5. The van der Waals surface area contributed by atoms with Crippen LogP contribution in [0.5, 0.6) is 0 Å². The van der Waals surface area contributed by atoms with Crippen molar-refractivity contribution >= 4 is 23.7 Å². The third-order valence-electron chi connectivity index (χ3n) is 5.20. The van der Waals surface area contributed by atoms with E-state index in [1.165, 1.54) is 5.56 Å². The number of fused-ring (bicyclic) bond motifs is 1. The van der Waals surface area contributed by atoms with Crippen molar-refractivity contribution in [2.75, 3.05) is 11.9 Å². The number of anilines is 1. The molecule has 0 fully saturated rings. The van der Waals surface area contributed by atoms with Gasteiger partial charge in [0.15, 0.2) is 5.82 Å². The number of nitrogens with one attached hydrogen (secondary N) is 2. The number of nitrogens with zero attached hydrogens (tertiary/aromatic N) is 3. The molecule has 0 aliphatic carbocycles. The summed E-state index contributed by atoms with van der Waals surface area (Å²) < 4.78 is 0. The predicted molar refractivity (Wildman–Crippen MR) is 116 cm³/mol. The molecule has 0 atom stereocenters. The normalized spacial score (nSPS) is 13.5. The van der Waals surface area contributed by atoms with E-state index in [0.717, 1.165) is 10.5 Å². The van der Waals surface area contributed by atoms with E-state index in [9.17, 15) is 14.4 Å². The van der Waals surface area contributed by atoms with Gasteiger partial charge in [0.25, 0.3) is 11.8 Å². The maximum absolute atomic E-state index is 12.4. The minimum absolute atomic E-state index is 0.0102. The van der Waals surface area contributed by atoms with E-state index in [-0.39, 0.29) is 42.1 Å². The number of aromatic amines is 1. The SMILES string of the molecule is CC(C)(C)c1ccc(-c2nc(NC(=O)CCN3C(=O)c4ccccc4C3=O)n[nH]2)cc1. The van der Waals surface area contributed by atoms with Crippen LogP contribution in [0.2, 0.25) is 0 Å². The van der Waals surface area contributed by atoms with E-state index < -0.39 is 0 Å². The Morgan fingerprint density at radius 3 is 2.19 bits per heavy atom. The molecule has 8 heteroatoms. The highest BCUT2D eigenvalue weighted by Crippen LogP contribution is 2.25. The number of aromatic nitrogens is 3. The Kier molecular flexibility index (Phi) is 5.14. The standard InChI is InChI=1S/C23H23N5O3/c1-23(2,3)15-10-8-14(9-11-15)19-25-22(27-26-19)24-18(29)12-13-28-20(30)16-6-4-5-7-17(16)21(28)31/h4-11H,12-13H2,1-3H3,(H2,24,25,26,27,29). The molecule has 1 aliphatic heterocycles. The van der Waals surface area contributed by atoms with E-state index in [0.29, 0.717) is 17.0 Å². The lowest BCUT2D eigenvalue weighted by atomic mass is 9.87. The summed E-state index contributed by atoms with van der Waals surface area (Å²) in [4.78, 5) is 42.4. The van der Waals surface area contributed by atoms with Crippen molar-refractivity contribution in [3.63, 3.8) is 0 Å². The Morgan fingerprint density at radius 2 is 1.61 bits per heavy atom. The number of amides is 3. The summed E-state index contributed by atoms with van der Waals surface area (Å²) >= 11 is 0. The van der Waals surface area contributed by atoms with Gasteiger partial charge in [-0.05, 0) is 23.1 Å². The van der Waals surface area contributed by atoms with Gasteiger partial charge in [0.2, 0.25) is 11.9 Å². The Labute approximate surface area is 179 Å². The van der Waals surface area contributed by atoms with Gasteiger partial charge in [-0.1, -0.05) is 57.2 Å². The topological polar surface area (TPSA) is 108 Å². The molecule has 31 heavy (non-hydrogen) atoms. The number of carbonyl (C=O) groups excluding carboxylic acids is 3. The van der Waals surface area contributed by atoms with Crippen LogP contribution in [0, 0.1) is 0 Å². The summed E-state index contributed by atoms with van der Waals surface area (Å²) in [7, 11) is 0. The Morgan fingerprint density at radius 1 is 1.00 bits per heavy atom. The largest absolute Gasteiger partial charge is 0.293 e. The summed E-state index contributed by atoms with van der Waals surface area (Å²) in [5.74, 6) is -0.469. The highest BCUT2D eigenvalue weighted by Gasteiger charge is 2.35. The second-order valence-corrected chi connectivity index (χ2v) is 8.44. The van der Waals surface area contributed by atoms with E-state index in [4.69, 9.17) is 0 Å². The van der Waals surface area contributed by atoms with Crippen LogP contribution in [0.1, 0.15) is 53.5 Å². The summed E-state index contributed by atoms with van der Waals surface area (Å²) in [6, 6.07) is 14.6. The average molecular weight is 417 g/mol. The monoisotopic (exact) mass is 417 g/mol. The predicted octanol–water partition coefficient (Wildman–Crippen LogP) is 3.39. The van der Waals surface area contributed by atoms with Crippen LogP contribution >= 0.6 is 0 Å². The third kappa shape index (κ3) is 4.09. The van der Waals surface area contributed by atoms with Crippen molar-refractivity contribution in [2.24, 2.45) is 0 Å². The van der Waals surface area contributed by atoms with Crippen LogP contribution in [0.3, 0.4) is 0 Å². The summed E-state index contributed by atoms with van der Waals surface area (Å²) in [5, 5.41) is 9.45. The van der Waals surface area contributed by atoms with E-state index in [1.807, 2.05) is 24.3 Å². The fourth-order valence-electron chi connectivity index (χ4n) is 3.42. The van der Waals surface area contributed by atoms with Gasteiger partial charge >= 0.3 is 0 Å². The fraction of sp³-hybridized carbons (Fsp3) is 0.261. The zero-order valence-electron chi connectivity index (χ0n) is 17.6. The van der Waals surface area contributed by atoms with Crippen LogP contribution in [0.15, 0.2) is 48.5 Å². The highest BCUT2D eigenvalue weighted by molar-refractivity contribution is 6.21. The second kappa shape index (κ2) is 7.79. The molecular formula is C23H23N5O3. The molecule has 8 nitrogen and oxygen atoms in total. The summed E-state index contributed by atoms with van der Waals surface area (Å²) in [6.45, 7) is 6.42. The molecule has 1 aromatic heterocycles. The first-order chi connectivity index (χ1) is 14.7. The maximum atomic E-state index is 12.4. The molecule has 3 amide bonds. The van der Waals surface area contributed by atoms with Crippen molar-refractivity contribution in [3.8, 4) is 11.4 Å². The van der Waals surface area contributed by atoms with E-state index in [2.05, 4.69) is 41.3 Å². The maximum Gasteiger partial charge on any atom is 0.261 e. The van der Waals surface area contributed by atoms with Gasteiger partial charge in [-0.3, -0.25) is 29.7 Å². The molecule has 0 unspecified atom stereocenters. The Hall–Kier alpha value is -3.81. The lowest BCUT2D eigenvalue weighted by Crippen LogP contribution is -2.33. The van der Waals surface area contributed by atoms with Crippen LogP contribution in [-0.4, -0.2) is 44.3 Å². The molecular weight excluding hydrogens is 394 g/mol. The van der Waals surface area contributed by atoms with Crippen molar-refractivity contribution in [3.05, 3.63) is 65.2 Å². The van der Waals surface area contributed by atoms with Crippen molar-refractivity contribution in [2.45, 2.75) is 32.6 Å². The fourth-order valence-corrected chi connectivity index (χ4v) is 3.42. The molecule has 2 aromatic carbocycles. The number of hydrogen-bond donors (Lipinski definition) is 2. The zero-order chi connectivity index (χ0) is 22.2. The first-order valence-corrected chi connectivity index (χ1v) is 10.0. The third-order valence-corrected chi connectivity index (χ3v) is 5.20. The van der Waals surface area contributed by atoms with Crippen LogP contribution in [0.25, 0.3) is 11.4 Å². The van der Waals surface area contributed by atoms with Gasteiger partial charge in [0, 0.05) is 18.5 Å². The Balaban J connectivity index is 1.36. The van der Waals surface area contributed by atoms with Crippen molar-refractivity contribution in [1.82, 2.24) is 20.1 Å². The lowest BCUT2D eigenvalue weighted by molar-refractivity contribution is -0.116. The van der Waals surface area contributed by atoms with Gasteiger partial charge in [-0.25, -0.2) is 0 Å². The Bertz CT molecular complexity index is 1120. The molecule has 0 saturated heterocycles. The molecule has 3 aromatic rings. The van der Waals surface area contributed by atoms with Crippen LogP contribution in [-0.2, 0) is 10.2 Å². The smallest absolute Gasteiger partial charge is 0.261 e. The van der Waals surface area contributed by atoms with Crippen LogP contribution < -0.4 is 5.32 Å². The first-order valence-electron chi connectivity index (χ1n) is 10.0. The molecule has 0 saturated carbocycles. The molecule has 2 heterocycles. The van der Waals surface area contributed by atoms with E-state index in [1.54, 1.807) is 24.3 Å². The van der Waals surface area contributed by atoms with Gasteiger partial charge in [0.1, 0.15) is 0 Å². The molecule has 158 valence electrons. The molecule has 0 radical (unpaired) electrons. The molecule has 1 aliphatic rings. The van der Waals surface area contributed by atoms with Gasteiger partial charge in [0.05, 0.1) is 11.1 Å². The zero-order valence-corrected chi connectivity index (χ0v) is 17.6. The second-order valence-electron chi connectivity index (χ2n) is 8.44. The van der Waals surface area contributed by atoms with Crippen LogP contribution in [0.4, 0.5) is 5.95 Å². The van der Waals surface area contributed by atoms with Gasteiger partial charge < -0.3 is 0 Å². The molecule has 4 rings (SSSR count). The van der Waals surface area contributed by atoms with Crippen molar-refractivity contribution in [1.29, 1.82) is 0 Å². The minimum Gasteiger partial charge on any atom is -0.293 e. The average Bonchev–Trinajstić information content (AvgIpc) is 3.30. The van der Waals surface area contributed by atoms with E-state index >= 15 is 0 Å². The number of hydrogen-bond acceptors (Lipinski definition) is 5. The summed E-state index contributed by atoms with van der Waals surface area (Å²) in [6.07, 6.45) is -0.0460. The highest BCUT2D eigenvalue weighted by atomic mass is 16.2. The number of imide groups is 1. The lowest BCUT2D eigenvalue weighted by Gasteiger charge is -2.18. The number of H-pyrrole nitrogens is 1. The molecule has 0 bridgehead atoms. The molecule has 2 N–H and O–H groups in total. The summed E-state index contributed by atoms with van der Waals surface area (Å²) in [5.41, 5.74) is 2.84. The van der Waals surface area contributed by atoms with Gasteiger partial charge in [-0.2, -0.15) is 4.98 Å². The van der Waals surface area contributed by atoms with Gasteiger partial charge in [-0.15, -0.1) is 5.10 Å². The number of rotatable bonds is 5.